The van der Waals surface area contributed by atoms with E-state index < -0.39 is 15.8 Å². The Labute approximate surface area is 257 Å². The van der Waals surface area contributed by atoms with Crippen molar-refractivity contribution in [3.8, 4) is 11.6 Å². The van der Waals surface area contributed by atoms with Gasteiger partial charge in [-0.25, -0.2) is 22.6 Å². The molecule has 4 aromatic rings. The monoisotopic (exact) mass is 625 g/mol. The van der Waals surface area contributed by atoms with Crippen molar-refractivity contribution in [2.24, 2.45) is 0 Å². The lowest BCUT2D eigenvalue weighted by Gasteiger charge is -2.38. The van der Waals surface area contributed by atoms with Crippen LogP contribution >= 0.6 is 12.4 Å². The third kappa shape index (κ3) is 8.90. The van der Waals surface area contributed by atoms with Crippen molar-refractivity contribution in [3.63, 3.8) is 0 Å². The van der Waals surface area contributed by atoms with Gasteiger partial charge in [-0.15, -0.1) is 12.4 Å². The lowest BCUT2D eigenvalue weighted by Crippen LogP contribution is -2.49. The van der Waals surface area contributed by atoms with E-state index in [1.807, 2.05) is 36.4 Å². The first-order valence-electron chi connectivity index (χ1n) is 13.6. The number of nitrogens with one attached hydrogen (secondary N) is 2. The van der Waals surface area contributed by atoms with Gasteiger partial charge in [-0.2, -0.15) is 0 Å². The number of carbonyl (C=O) groups is 1. The number of nitrogens with zero attached hydrogens (tertiary/aromatic N) is 3. The first-order valence-corrected chi connectivity index (χ1v) is 15.5. The Kier molecular flexibility index (Phi) is 10.6. The number of para-hydroxylation sites is 2. The van der Waals surface area contributed by atoms with Crippen LogP contribution in [-0.2, 0) is 16.6 Å². The maximum absolute atomic E-state index is 14.2. The van der Waals surface area contributed by atoms with Gasteiger partial charge in [0.1, 0.15) is 11.6 Å². The number of sulfonamides is 1. The van der Waals surface area contributed by atoms with Crippen molar-refractivity contribution in [1.82, 2.24) is 9.88 Å². The van der Waals surface area contributed by atoms with Crippen molar-refractivity contribution in [2.45, 2.75) is 25.4 Å². The number of amides is 2. The number of benzene rings is 3. The zero-order valence-electron chi connectivity index (χ0n) is 23.5. The number of rotatable bonds is 9. The van der Waals surface area contributed by atoms with E-state index >= 15 is 0 Å². The molecule has 2 amide bonds. The molecule has 0 saturated carbocycles. The summed E-state index contributed by atoms with van der Waals surface area (Å²) in [5.74, 6) is 0.498. The number of anilines is 3. The number of pyridine rings is 1. The van der Waals surface area contributed by atoms with Crippen LogP contribution in [0.25, 0.3) is 0 Å². The highest BCUT2D eigenvalue weighted by molar-refractivity contribution is 7.92. The lowest BCUT2D eigenvalue weighted by molar-refractivity contribution is 0.199. The molecule has 1 aliphatic heterocycles. The van der Waals surface area contributed by atoms with Gasteiger partial charge in [0, 0.05) is 49.3 Å². The van der Waals surface area contributed by atoms with Crippen molar-refractivity contribution >= 4 is 45.5 Å². The van der Waals surface area contributed by atoms with Crippen molar-refractivity contribution in [3.05, 3.63) is 109 Å². The van der Waals surface area contributed by atoms with Crippen LogP contribution in [-0.4, -0.2) is 49.7 Å². The predicted molar refractivity (Wildman–Crippen MR) is 169 cm³/mol. The van der Waals surface area contributed by atoms with Gasteiger partial charge in [-0.1, -0.05) is 36.4 Å². The summed E-state index contributed by atoms with van der Waals surface area (Å²) in [7, 11) is -3.34. The summed E-state index contributed by atoms with van der Waals surface area (Å²) in [6.45, 7) is 2.28. The highest BCUT2D eigenvalue weighted by Crippen LogP contribution is 2.27. The predicted octanol–water partition coefficient (Wildman–Crippen LogP) is 6.51. The van der Waals surface area contributed by atoms with Crippen LogP contribution in [0.15, 0.2) is 97.2 Å². The molecule has 0 aliphatic carbocycles. The van der Waals surface area contributed by atoms with Gasteiger partial charge in [-0.3, -0.25) is 14.5 Å². The number of carbonyl (C=O) groups excluding carboxylic acids is 1. The molecular weight excluding hydrogens is 593 g/mol. The Morgan fingerprint density at radius 2 is 1.65 bits per heavy atom. The van der Waals surface area contributed by atoms with Crippen LogP contribution in [0.4, 0.5) is 26.2 Å². The first-order chi connectivity index (χ1) is 20.2. The Balaban J connectivity index is 0.00000423. The lowest BCUT2D eigenvalue weighted by atomic mass is 10.0. The molecule has 1 saturated heterocycles. The third-order valence-electron chi connectivity index (χ3n) is 6.87. The minimum absolute atomic E-state index is 0. The first kappa shape index (κ1) is 31.7. The molecule has 1 aromatic heterocycles. The minimum atomic E-state index is -3.34. The number of hydrogen-bond acceptors (Lipinski definition) is 6. The number of aromatic nitrogens is 1. The molecule has 1 fully saturated rings. The largest absolute Gasteiger partial charge is 0.439 e. The number of halogens is 2. The summed E-state index contributed by atoms with van der Waals surface area (Å²) in [5, 5.41) is 2.74. The molecule has 0 unspecified atom stereocenters. The highest BCUT2D eigenvalue weighted by Gasteiger charge is 2.29. The average molecular weight is 626 g/mol. The molecule has 2 N–H and O–H groups in total. The summed E-state index contributed by atoms with van der Waals surface area (Å²) in [5.41, 5.74) is 2.41. The normalized spacial score (nSPS) is 13.9. The topological polar surface area (TPSA) is 104 Å². The summed E-state index contributed by atoms with van der Waals surface area (Å²) >= 11 is 0. The van der Waals surface area contributed by atoms with E-state index in [9.17, 15) is 17.6 Å². The molecular formula is C31H33ClFN5O4S. The number of piperidine rings is 1. The quantitative estimate of drug-likeness (QED) is 0.220. The van der Waals surface area contributed by atoms with E-state index in [2.05, 4.69) is 19.9 Å². The molecule has 43 heavy (non-hydrogen) atoms. The fraction of sp³-hybridized carbons (Fsp3) is 0.226. The number of hydrogen-bond donors (Lipinski definition) is 2. The van der Waals surface area contributed by atoms with Crippen LogP contribution in [0.1, 0.15) is 18.4 Å². The molecule has 226 valence electrons. The van der Waals surface area contributed by atoms with E-state index in [0.29, 0.717) is 23.9 Å². The van der Waals surface area contributed by atoms with Gasteiger partial charge in [0.05, 0.1) is 11.9 Å². The van der Waals surface area contributed by atoms with Crippen LogP contribution in [0.2, 0.25) is 0 Å². The maximum Gasteiger partial charge on any atom is 0.326 e. The Morgan fingerprint density at radius 3 is 2.28 bits per heavy atom. The second-order valence-electron chi connectivity index (χ2n) is 10.1. The van der Waals surface area contributed by atoms with E-state index in [4.69, 9.17) is 4.74 Å². The maximum atomic E-state index is 14.2. The van der Waals surface area contributed by atoms with E-state index in [1.165, 1.54) is 6.07 Å². The number of urea groups is 1. The van der Waals surface area contributed by atoms with Gasteiger partial charge in [0.2, 0.25) is 15.9 Å². The van der Waals surface area contributed by atoms with Gasteiger partial charge in [0.25, 0.3) is 0 Å². The fourth-order valence-electron chi connectivity index (χ4n) is 4.91. The standard InChI is InChI=1S/C31H32FN5O4S.ClH/c1-42(39,40)35-24-12-14-27(15-13-24)41-30-16-11-23(21-33-30)22-36-19-17-26(18-20-36)37(25-7-3-2-4-8-25)31(38)34-29-10-6-5-9-28(29)32;/h2-16,21,26,35H,17-20,22H2,1H3,(H,34,38);1H. The van der Waals surface area contributed by atoms with Gasteiger partial charge < -0.3 is 10.1 Å². The zero-order chi connectivity index (χ0) is 29.5. The summed E-state index contributed by atoms with van der Waals surface area (Å²) < 4.78 is 45.2. The Hall–Kier alpha value is -4.19. The second-order valence-corrected chi connectivity index (χ2v) is 11.9. The van der Waals surface area contributed by atoms with Crippen molar-refractivity contribution in [2.75, 3.05) is 34.3 Å². The molecule has 2 heterocycles. The molecule has 0 radical (unpaired) electrons. The second kappa shape index (κ2) is 14.3. The average Bonchev–Trinajstić information content (AvgIpc) is 2.97. The molecule has 1 aliphatic rings. The zero-order valence-corrected chi connectivity index (χ0v) is 25.2. The number of ether oxygens (including phenoxy) is 1. The van der Waals surface area contributed by atoms with Crippen LogP contribution < -0.4 is 19.7 Å². The molecule has 9 nitrogen and oxygen atoms in total. The van der Waals surface area contributed by atoms with Crippen LogP contribution in [0.5, 0.6) is 11.6 Å². The summed E-state index contributed by atoms with van der Waals surface area (Å²) in [6, 6.07) is 25.6. The van der Waals surface area contributed by atoms with Gasteiger partial charge in [0.15, 0.2) is 0 Å². The SMILES string of the molecule is CS(=O)(=O)Nc1ccc(Oc2ccc(CN3CCC(N(C(=O)Nc4ccccc4F)c4ccccc4)CC3)cn2)cc1.Cl. The molecule has 5 rings (SSSR count). The fourth-order valence-corrected chi connectivity index (χ4v) is 5.47. The van der Waals surface area contributed by atoms with E-state index in [-0.39, 0.29) is 30.2 Å². The molecule has 0 spiro atoms. The van der Waals surface area contributed by atoms with E-state index in [1.54, 1.807) is 59.6 Å². The molecule has 3 aromatic carbocycles. The Morgan fingerprint density at radius 1 is 0.977 bits per heavy atom. The van der Waals surface area contributed by atoms with Crippen LogP contribution in [0, 0.1) is 5.82 Å². The van der Waals surface area contributed by atoms with Gasteiger partial charge in [-0.05, 0) is 66.9 Å². The third-order valence-corrected chi connectivity index (χ3v) is 7.48. The smallest absolute Gasteiger partial charge is 0.326 e. The summed E-state index contributed by atoms with van der Waals surface area (Å²) in [4.78, 5) is 21.8. The molecule has 12 heteroatoms. The van der Waals surface area contributed by atoms with Gasteiger partial charge >= 0.3 is 6.03 Å². The van der Waals surface area contributed by atoms with E-state index in [0.717, 1.165) is 43.4 Å². The van der Waals surface area contributed by atoms with Crippen molar-refractivity contribution in [1.29, 1.82) is 0 Å². The highest BCUT2D eigenvalue weighted by atomic mass is 35.5. The summed E-state index contributed by atoms with van der Waals surface area (Å²) in [6.07, 6.45) is 4.40. The minimum Gasteiger partial charge on any atom is -0.439 e. The molecule has 0 atom stereocenters. The number of likely N-dealkylation sites (tertiary alicyclic amines) is 1. The van der Waals surface area contributed by atoms with Crippen LogP contribution in [0.3, 0.4) is 0 Å². The molecule has 0 bridgehead atoms. The van der Waals surface area contributed by atoms with Crippen molar-refractivity contribution < 1.29 is 22.3 Å². The Bertz CT molecular complexity index is 1600.